The van der Waals surface area contributed by atoms with Crippen LogP contribution in [0, 0.1) is 27.7 Å². The number of aryl methyl sites for hydroxylation is 3. The van der Waals surface area contributed by atoms with Crippen molar-refractivity contribution in [3.8, 4) is 22.5 Å². The van der Waals surface area contributed by atoms with Crippen molar-refractivity contribution in [1.29, 1.82) is 0 Å². The second-order valence-corrected chi connectivity index (χ2v) is 16.7. The molecule has 9 nitrogen and oxygen atoms in total. The molecule has 6 rings (SSSR count). The van der Waals surface area contributed by atoms with E-state index in [9.17, 15) is 25.9 Å². The van der Waals surface area contributed by atoms with Crippen LogP contribution in [-0.2, 0) is 20.2 Å². The molecule has 2 N–H and O–H groups in total. The minimum absolute atomic E-state index is 0.158. The second-order valence-electron chi connectivity index (χ2n) is 13.9. The van der Waals surface area contributed by atoms with E-state index in [0.717, 1.165) is 65.7 Å². The summed E-state index contributed by atoms with van der Waals surface area (Å²) in [6.07, 6.45) is 3.64. The third kappa shape index (κ3) is 7.59. The topological polar surface area (TPSA) is 128 Å². The van der Waals surface area contributed by atoms with Gasteiger partial charge in [0.25, 0.3) is 20.2 Å². The van der Waals surface area contributed by atoms with Crippen molar-refractivity contribution in [3.63, 3.8) is 0 Å². The Labute approximate surface area is 318 Å². The highest BCUT2D eigenvalue weighted by Crippen LogP contribution is 2.44. The summed E-state index contributed by atoms with van der Waals surface area (Å²) in [6, 6.07) is 27.4. The first-order valence-electron chi connectivity index (χ1n) is 18.2. The van der Waals surface area contributed by atoms with Crippen molar-refractivity contribution in [2.24, 2.45) is 0 Å². The average molecular weight is 768 g/mol. The molecule has 4 aromatic rings. The van der Waals surface area contributed by atoms with E-state index in [2.05, 4.69) is 50.5 Å². The summed E-state index contributed by atoms with van der Waals surface area (Å²) < 4.78 is 79.9. The van der Waals surface area contributed by atoms with Crippen LogP contribution in [0.25, 0.3) is 33.4 Å². The van der Waals surface area contributed by atoms with Gasteiger partial charge in [-0.3, -0.25) is 9.11 Å². The van der Waals surface area contributed by atoms with E-state index in [4.69, 9.17) is 4.42 Å². The molecule has 4 aromatic carbocycles. The largest absolute Gasteiger partial charge is 0.456 e. The third-order valence-corrected chi connectivity index (χ3v) is 12.0. The number of rotatable bonds is 12. The standard InChI is InChI=1S/C43H46N2O7S2/c1-7-9-24-44(42-28(3)14-13-15-29(42)4)32-19-21-34-37(26-32)52-38-27-33(20-22-35(38)41(34)36-16-11-12-17-40(36)54(49,50)51)45(25-10-8-2)43-30(5)18-23-39(31(43)6)53(46,47)48/h11-23,26-27H,7-10,24-25H2,1-6H3,(H-,46,47,48,49,50,51)/p+1. The molecule has 11 heteroatoms. The maximum Gasteiger partial charge on any atom is 0.295 e. The molecule has 1 heterocycles. The zero-order chi connectivity index (χ0) is 38.9. The fraction of sp³-hybridized carbons (Fsp3) is 0.279. The van der Waals surface area contributed by atoms with Gasteiger partial charge in [0.15, 0.2) is 0 Å². The van der Waals surface area contributed by atoms with Gasteiger partial charge in [0, 0.05) is 69.7 Å². The fourth-order valence-electron chi connectivity index (χ4n) is 7.51. The van der Waals surface area contributed by atoms with Gasteiger partial charge in [-0.15, -0.1) is 0 Å². The van der Waals surface area contributed by atoms with Crippen LogP contribution in [-0.4, -0.2) is 39.0 Å². The summed E-state index contributed by atoms with van der Waals surface area (Å²) in [6.45, 7) is 13.4. The van der Waals surface area contributed by atoms with Gasteiger partial charge >= 0.3 is 0 Å². The summed E-state index contributed by atoms with van der Waals surface area (Å²) >= 11 is 0. The first-order valence-corrected chi connectivity index (χ1v) is 21.1. The predicted octanol–water partition coefficient (Wildman–Crippen LogP) is 9.77. The highest BCUT2D eigenvalue weighted by atomic mass is 32.2. The summed E-state index contributed by atoms with van der Waals surface area (Å²) in [5.74, 6) is 0.519. The SMILES string of the molecule is CCCCN(c1ccc2c(-c3ccccc3S(=O)(=O)O)c3ccc(=[N+](CCCC)c4c(C)cccc4C)cc-3oc2c1)c1c(C)ccc(S(=O)(=O)O)c1C. The van der Waals surface area contributed by atoms with Crippen LogP contribution in [0.1, 0.15) is 61.8 Å². The lowest BCUT2D eigenvalue weighted by Gasteiger charge is -2.29. The highest BCUT2D eigenvalue weighted by Gasteiger charge is 2.27. The van der Waals surface area contributed by atoms with Crippen molar-refractivity contribution in [3.05, 3.63) is 119 Å². The molecule has 0 saturated carbocycles. The average Bonchev–Trinajstić information content (AvgIpc) is 3.11. The maximum absolute atomic E-state index is 12.8. The zero-order valence-electron chi connectivity index (χ0n) is 31.5. The molecular formula is C43H47N2O7S2+. The minimum Gasteiger partial charge on any atom is -0.456 e. The third-order valence-electron chi connectivity index (χ3n) is 10.1. The smallest absolute Gasteiger partial charge is 0.295 e. The van der Waals surface area contributed by atoms with Gasteiger partial charge in [-0.2, -0.15) is 21.4 Å². The van der Waals surface area contributed by atoms with Gasteiger partial charge in [0.05, 0.1) is 11.0 Å². The van der Waals surface area contributed by atoms with Crippen molar-refractivity contribution < 1.29 is 30.4 Å². The van der Waals surface area contributed by atoms with Gasteiger partial charge in [0.2, 0.25) is 11.0 Å². The minimum atomic E-state index is -4.61. The van der Waals surface area contributed by atoms with Crippen molar-refractivity contribution in [2.45, 2.75) is 77.0 Å². The molecule has 54 heavy (non-hydrogen) atoms. The first-order chi connectivity index (χ1) is 25.6. The molecule has 1 aliphatic carbocycles. The Morgan fingerprint density at radius 2 is 1.37 bits per heavy atom. The van der Waals surface area contributed by atoms with Gasteiger partial charge in [-0.25, -0.2) is 0 Å². The number of benzene rings is 5. The molecule has 0 bridgehead atoms. The Morgan fingerprint density at radius 3 is 2.04 bits per heavy atom. The number of nitrogens with zero attached hydrogens (tertiary/aromatic N) is 2. The lowest BCUT2D eigenvalue weighted by atomic mass is 9.93. The molecule has 1 aliphatic heterocycles. The highest BCUT2D eigenvalue weighted by molar-refractivity contribution is 7.86. The Balaban J connectivity index is 1.72. The van der Waals surface area contributed by atoms with Crippen LogP contribution in [0.4, 0.5) is 17.1 Å². The Morgan fingerprint density at radius 1 is 0.685 bits per heavy atom. The lowest BCUT2D eigenvalue weighted by Crippen LogP contribution is -2.28. The molecule has 0 radical (unpaired) electrons. The lowest BCUT2D eigenvalue weighted by molar-refractivity contribution is 0.480. The van der Waals surface area contributed by atoms with Gasteiger partial charge in [-0.1, -0.05) is 69.2 Å². The normalized spacial score (nSPS) is 12.7. The van der Waals surface area contributed by atoms with Gasteiger partial charge < -0.3 is 9.32 Å². The van der Waals surface area contributed by atoms with E-state index in [-0.39, 0.29) is 9.79 Å². The number of para-hydroxylation sites is 1. The maximum atomic E-state index is 12.8. The molecule has 0 aromatic heterocycles. The van der Waals surface area contributed by atoms with E-state index < -0.39 is 20.2 Å². The predicted molar refractivity (Wildman–Crippen MR) is 216 cm³/mol. The van der Waals surface area contributed by atoms with Crippen LogP contribution in [0.5, 0.6) is 0 Å². The van der Waals surface area contributed by atoms with Crippen LogP contribution in [0.2, 0.25) is 0 Å². The molecule has 0 spiro atoms. The number of fused-ring (bicyclic) bond motifs is 2. The summed E-state index contributed by atoms with van der Waals surface area (Å²) in [7, 11) is -9.09. The quantitative estimate of drug-likeness (QED) is 0.0716. The van der Waals surface area contributed by atoms with Gasteiger partial charge in [0.1, 0.15) is 22.8 Å². The van der Waals surface area contributed by atoms with E-state index in [1.807, 2.05) is 48.2 Å². The fourth-order valence-corrected chi connectivity index (χ4v) is 8.93. The molecule has 2 aliphatic rings. The van der Waals surface area contributed by atoms with Gasteiger partial charge in [-0.05, 0) is 75.6 Å². The second kappa shape index (κ2) is 15.5. The number of anilines is 2. The summed E-state index contributed by atoms with van der Waals surface area (Å²) in [5, 5.41) is 1.54. The number of hydrogen-bond donors (Lipinski definition) is 2. The number of hydrogen-bond acceptors (Lipinski definition) is 6. The Bertz CT molecular complexity index is 2630. The zero-order valence-corrected chi connectivity index (χ0v) is 33.2. The van der Waals surface area contributed by atoms with E-state index in [1.54, 1.807) is 31.2 Å². The molecule has 0 atom stereocenters. The van der Waals surface area contributed by atoms with E-state index in [0.29, 0.717) is 51.2 Å². The van der Waals surface area contributed by atoms with Crippen LogP contribution < -0.4 is 14.8 Å². The van der Waals surface area contributed by atoms with Crippen LogP contribution in [0.15, 0.2) is 105 Å². The first kappa shape index (κ1) is 38.9. The summed E-state index contributed by atoms with van der Waals surface area (Å²) in [4.78, 5) is 1.66. The molecule has 282 valence electrons. The molecule has 0 unspecified atom stereocenters. The van der Waals surface area contributed by atoms with Crippen molar-refractivity contribution in [1.82, 2.24) is 4.58 Å². The van der Waals surface area contributed by atoms with Crippen molar-refractivity contribution >= 4 is 48.3 Å². The molecule has 0 amide bonds. The monoisotopic (exact) mass is 767 g/mol. The van der Waals surface area contributed by atoms with Crippen molar-refractivity contribution in [2.75, 3.05) is 18.0 Å². The summed E-state index contributed by atoms with van der Waals surface area (Å²) in [5.41, 5.74) is 8.11. The molecule has 0 fully saturated rings. The van der Waals surface area contributed by atoms with E-state index >= 15 is 0 Å². The van der Waals surface area contributed by atoms with E-state index in [1.165, 1.54) is 12.1 Å². The molecular weight excluding hydrogens is 721 g/mol. The van der Waals surface area contributed by atoms with Crippen LogP contribution in [0.3, 0.4) is 0 Å². The molecule has 0 saturated heterocycles. The van der Waals surface area contributed by atoms with Crippen LogP contribution >= 0.6 is 0 Å². The number of unbranched alkanes of at least 4 members (excludes halogenated alkanes) is 2. The Hall–Kier alpha value is -4.81. The Kier molecular flexibility index (Phi) is 11.2.